The molecule has 180 valence electrons. The van der Waals surface area contributed by atoms with Crippen molar-refractivity contribution in [2.24, 2.45) is 0 Å². The number of esters is 2. The fraction of sp³-hybridized carbons (Fsp3) is 0.762. The molecule has 0 aromatic heterocycles. The molecule has 0 aliphatic carbocycles. The first-order valence-electron chi connectivity index (χ1n) is 11.3. The second-order valence-corrected chi connectivity index (χ2v) is 7.95. The van der Waals surface area contributed by atoms with Crippen LogP contribution in [0.2, 0.25) is 0 Å². The number of carbonyl (C=O) groups excluding carboxylic acids is 3. The van der Waals surface area contributed by atoms with Crippen molar-refractivity contribution in [1.29, 1.82) is 0 Å². The van der Waals surface area contributed by atoms with Crippen LogP contribution in [-0.2, 0) is 28.5 Å². The lowest BCUT2D eigenvalue weighted by Crippen LogP contribution is -2.47. The van der Waals surface area contributed by atoms with Crippen LogP contribution < -0.4 is 0 Å². The van der Waals surface area contributed by atoms with E-state index in [1.807, 2.05) is 4.90 Å². The summed E-state index contributed by atoms with van der Waals surface area (Å²) in [6.07, 6.45) is 0.343. The second kappa shape index (κ2) is 12.5. The molecule has 0 spiro atoms. The Balaban J connectivity index is 1.17. The monoisotopic (exact) mass is 454 g/mol. The molecule has 0 radical (unpaired) electrons. The molecular formula is C21H34N4O7. The Hall–Kier alpha value is -2.53. The number of nitrogens with zero attached hydrogens (tertiary/aromatic N) is 4. The quantitative estimate of drug-likeness (QED) is 0.289. The minimum absolute atomic E-state index is 0.192. The number of cyclic esters (lactones) is 1. The van der Waals surface area contributed by atoms with E-state index in [9.17, 15) is 14.4 Å². The van der Waals surface area contributed by atoms with Crippen LogP contribution in [0.3, 0.4) is 0 Å². The Kier molecular flexibility index (Phi) is 9.42. The van der Waals surface area contributed by atoms with E-state index in [0.29, 0.717) is 71.3 Å². The second-order valence-electron chi connectivity index (χ2n) is 7.95. The van der Waals surface area contributed by atoms with E-state index >= 15 is 0 Å². The highest BCUT2D eigenvalue weighted by atomic mass is 16.6. The van der Waals surface area contributed by atoms with Gasteiger partial charge in [0.2, 0.25) is 0 Å². The number of amides is 1. The normalized spacial score (nSPS) is 19.8. The molecule has 0 bridgehead atoms. The third-order valence-corrected chi connectivity index (χ3v) is 5.81. The van der Waals surface area contributed by atoms with Gasteiger partial charge in [-0.1, -0.05) is 0 Å². The van der Waals surface area contributed by atoms with Crippen LogP contribution in [-0.4, -0.2) is 130 Å². The van der Waals surface area contributed by atoms with Gasteiger partial charge in [-0.3, -0.25) is 9.59 Å². The van der Waals surface area contributed by atoms with Gasteiger partial charge in [0.1, 0.15) is 26.4 Å². The Morgan fingerprint density at radius 3 is 1.72 bits per heavy atom. The maximum absolute atomic E-state index is 12.0. The van der Waals surface area contributed by atoms with E-state index in [4.69, 9.17) is 18.9 Å². The fourth-order valence-electron chi connectivity index (χ4n) is 3.77. The molecular weight excluding hydrogens is 420 g/mol. The molecule has 3 aliphatic rings. The van der Waals surface area contributed by atoms with Crippen molar-refractivity contribution in [3.05, 3.63) is 12.5 Å². The third-order valence-electron chi connectivity index (χ3n) is 5.81. The first-order chi connectivity index (χ1) is 15.5. The van der Waals surface area contributed by atoms with E-state index in [-0.39, 0.29) is 24.6 Å². The Morgan fingerprint density at radius 2 is 1.25 bits per heavy atom. The van der Waals surface area contributed by atoms with Gasteiger partial charge in [-0.25, -0.2) is 4.79 Å². The number of rotatable bonds is 12. The van der Waals surface area contributed by atoms with Crippen LogP contribution in [0.5, 0.6) is 0 Å². The summed E-state index contributed by atoms with van der Waals surface area (Å²) in [6.45, 7) is 12.4. The maximum Gasteiger partial charge on any atom is 0.410 e. The summed E-state index contributed by atoms with van der Waals surface area (Å²) >= 11 is 0. The lowest BCUT2D eigenvalue weighted by molar-refractivity contribution is -0.145. The molecule has 11 heteroatoms. The van der Waals surface area contributed by atoms with Crippen molar-refractivity contribution in [2.45, 2.75) is 12.8 Å². The average Bonchev–Trinajstić information content (AvgIpc) is 3.39. The summed E-state index contributed by atoms with van der Waals surface area (Å²) < 4.78 is 20.6. The largest absolute Gasteiger partial charge is 0.478 e. The summed E-state index contributed by atoms with van der Waals surface area (Å²) in [6, 6.07) is 0. The van der Waals surface area contributed by atoms with Crippen LogP contribution in [0.25, 0.3) is 0 Å². The zero-order chi connectivity index (χ0) is 22.8. The molecule has 3 saturated heterocycles. The van der Waals surface area contributed by atoms with Crippen LogP contribution in [0.4, 0.5) is 4.79 Å². The minimum Gasteiger partial charge on any atom is -0.478 e. The number of ether oxygens (including phenoxy) is 4. The Morgan fingerprint density at radius 1 is 0.750 bits per heavy atom. The van der Waals surface area contributed by atoms with Gasteiger partial charge in [-0.2, -0.15) is 0 Å². The molecule has 0 saturated carbocycles. The summed E-state index contributed by atoms with van der Waals surface area (Å²) in [5.41, 5.74) is 0. The number of carbonyl (C=O) groups is 3. The third kappa shape index (κ3) is 7.86. The fourth-order valence-corrected chi connectivity index (χ4v) is 3.77. The number of hydrogen-bond acceptors (Lipinski definition) is 10. The molecule has 0 atom stereocenters. The molecule has 1 amide bonds. The van der Waals surface area contributed by atoms with E-state index in [2.05, 4.69) is 16.4 Å². The van der Waals surface area contributed by atoms with Gasteiger partial charge in [0.15, 0.2) is 5.88 Å². The predicted molar refractivity (Wildman–Crippen MR) is 114 cm³/mol. The minimum atomic E-state index is -0.351. The lowest BCUT2D eigenvalue weighted by Gasteiger charge is -2.34. The molecule has 3 heterocycles. The standard InChI is InChI=1S/C21H34N4O7/c1-18-24(10-14-29-18)11-15-30-19(26)2-4-22-6-8-23(9-7-22)5-3-20(27)31-16-12-25-13-17-32-21(25)28/h1-17H2. The number of hydrogen-bond donors (Lipinski definition) is 0. The molecule has 3 aliphatic heterocycles. The van der Waals surface area contributed by atoms with Gasteiger partial charge >= 0.3 is 18.0 Å². The zero-order valence-corrected chi connectivity index (χ0v) is 18.7. The maximum atomic E-state index is 12.0. The van der Waals surface area contributed by atoms with E-state index in [1.165, 1.54) is 4.90 Å². The Bertz CT molecular complexity index is 611. The van der Waals surface area contributed by atoms with Gasteiger partial charge in [0.05, 0.1) is 39.0 Å². The molecule has 11 nitrogen and oxygen atoms in total. The average molecular weight is 455 g/mol. The summed E-state index contributed by atoms with van der Waals surface area (Å²) in [5.74, 6) is 0.191. The topological polar surface area (TPSA) is 101 Å². The van der Waals surface area contributed by atoms with Crippen molar-refractivity contribution in [1.82, 2.24) is 19.6 Å². The number of piperazine rings is 1. The van der Waals surface area contributed by atoms with Gasteiger partial charge in [0.25, 0.3) is 0 Å². The predicted octanol–water partition coefficient (Wildman–Crippen LogP) is -0.274. The highest BCUT2D eigenvalue weighted by molar-refractivity contribution is 5.70. The molecule has 0 aromatic carbocycles. The van der Waals surface area contributed by atoms with Gasteiger partial charge in [-0.05, 0) is 6.58 Å². The van der Waals surface area contributed by atoms with E-state index in [0.717, 1.165) is 32.7 Å². The van der Waals surface area contributed by atoms with Gasteiger partial charge in [-0.15, -0.1) is 0 Å². The lowest BCUT2D eigenvalue weighted by atomic mass is 10.2. The summed E-state index contributed by atoms with van der Waals surface area (Å²) in [5, 5.41) is 0. The van der Waals surface area contributed by atoms with Gasteiger partial charge < -0.3 is 38.5 Å². The smallest absolute Gasteiger partial charge is 0.410 e. The van der Waals surface area contributed by atoms with Crippen molar-refractivity contribution < 1.29 is 33.3 Å². The van der Waals surface area contributed by atoms with Crippen molar-refractivity contribution >= 4 is 18.0 Å². The van der Waals surface area contributed by atoms with Crippen molar-refractivity contribution in [3.63, 3.8) is 0 Å². The molecule has 3 fully saturated rings. The highest BCUT2D eigenvalue weighted by Gasteiger charge is 2.22. The molecule has 0 aromatic rings. The first kappa shape index (κ1) is 24.1. The van der Waals surface area contributed by atoms with Crippen LogP contribution >= 0.6 is 0 Å². The van der Waals surface area contributed by atoms with Gasteiger partial charge in [0, 0.05) is 39.3 Å². The van der Waals surface area contributed by atoms with E-state index < -0.39 is 0 Å². The zero-order valence-electron chi connectivity index (χ0n) is 18.7. The first-order valence-corrected chi connectivity index (χ1v) is 11.3. The molecule has 0 unspecified atom stereocenters. The summed E-state index contributed by atoms with van der Waals surface area (Å²) in [4.78, 5) is 43.1. The molecule has 0 N–H and O–H groups in total. The van der Waals surface area contributed by atoms with Crippen LogP contribution in [0, 0.1) is 0 Å². The van der Waals surface area contributed by atoms with Crippen LogP contribution in [0.1, 0.15) is 12.8 Å². The SMILES string of the molecule is C=C1OCCN1CCOC(=O)CCN1CCN(CCC(=O)OCCN2CCOC2=O)CC1. The molecule has 3 rings (SSSR count). The van der Waals surface area contributed by atoms with E-state index in [1.54, 1.807) is 0 Å². The van der Waals surface area contributed by atoms with Crippen molar-refractivity contribution in [2.75, 3.05) is 91.9 Å². The van der Waals surface area contributed by atoms with Crippen LogP contribution in [0.15, 0.2) is 12.5 Å². The molecule has 32 heavy (non-hydrogen) atoms. The van der Waals surface area contributed by atoms with Crippen molar-refractivity contribution in [3.8, 4) is 0 Å². The Labute approximate surface area is 188 Å². The summed E-state index contributed by atoms with van der Waals surface area (Å²) in [7, 11) is 0. The highest BCUT2D eigenvalue weighted by Crippen LogP contribution is 2.10.